The highest BCUT2D eigenvalue weighted by atomic mass is 79.9. The minimum atomic E-state index is -0.596. The van der Waals surface area contributed by atoms with Gasteiger partial charge in [-0.15, -0.1) is 0 Å². The van der Waals surface area contributed by atoms with Gasteiger partial charge in [-0.1, -0.05) is 23.7 Å². The van der Waals surface area contributed by atoms with Crippen molar-refractivity contribution in [2.45, 2.75) is 26.7 Å². The molecular weight excluding hydrogens is 332 g/mol. The summed E-state index contributed by atoms with van der Waals surface area (Å²) in [5.74, 6) is 0.319. The first-order valence-electron chi connectivity index (χ1n) is 6.06. The number of amidine groups is 1. The summed E-state index contributed by atoms with van der Waals surface area (Å²) in [5, 5.41) is 0.642. The molecule has 0 aliphatic heterocycles. The lowest BCUT2D eigenvalue weighted by Crippen LogP contribution is -2.34. The monoisotopic (exact) mass is 348 g/mol. The third-order valence-electron chi connectivity index (χ3n) is 2.34. The van der Waals surface area contributed by atoms with E-state index in [9.17, 15) is 0 Å². The SMILES string of the molecule is CCOC(OCC)C(N)=NCc1cccc(Br)c1Cl. The third-order valence-corrected chi connectivity index (χ3v) is 3.68. The van der Waals surface area contributed by atoms with E-state index in [0.717, 1.165) is 10.0 Å². The molecule has 0 amide bonds. The van der Waals surface area contributed by atoms with Crippen LogP contribution in [0.15, 0.2) is 27.7 Å². The predicted molar refractivity (Wildman–Crippen MR) is 81.5 cm³/mol. The zero-order valence-electron chi connectivity index (χ0n) is 11.0. The van der Waals surface area contributed by atoms with E-state index in [-0.39, 0.29) is 0 Å². The molecule has 0 saturated carbocycles. The van der Waals surface area contributed by atoms with Crippen LogP contribution in [-0.4, -0.2) is 25.3 Å². The van der Waals surface area contributed by atoms with Crippen molar-refractivity contribution in [1.29, 1.82) is 0 Å². The summed E-state index contributed by atoms with van der Waals surface area (Å²) in [7, 11) is 0. The van der Waals surface area contributed by atoms with Crippen LogP contribution in [0.4, 0.5) is 0 Å². The van der Waals surface area contributed by atoms with Crippen LogP contribution in [0, 0.1) is 0 Å². The molecule has 1 rings (SSSR count). The molecule has 0 atom stereocenters. The van der Waals surface area contributed by atoms with Crippen LogP contribution in [0.2, 0.25) is 5.02 Å². The van der Waals surface area contributed by atoms with Crippen molar-refractivity contribution < 1.29 is 9.47 Å². The summed E-state index contributed by atoms with van der Waals surface area (Å²) < 4.78 is 11.6. The molecule has 0 radical (unpaired) electrons. The number of benzene rings is 1. The number of hydrogen-bond donors (Lipinski definition) is 1. The molecule has 0 unspecified atom stereocenters. The fraction of sp³-hybridized carbons (Fsp3) is 0.462. The van der Waals surface area contributed by atoms with Gasteiger partial charge in [-0.2, -0.15) is 0 Å². The van der Waals surface area contributed by atoms with E-state index in [2.05, 4.69) is 20.9 Å². The molecule has 106 valence electrons. The molecule has 0 spiro atoms. The van der Waals surface area contributed by atoms with Gasteiger partial charge in [0, 0.05) is 17.7 Å². The molecule has 0 aromatic heterocycles. The smallest absolute Gasteiger partial charge is 0.216 e. The van der Waals surface area contributed by atoms with Gasteiger partial charge in [0.05, 0.1) is 11.6 Å². The maximum absolute atomic E-state index is 6.16. The molecule has 19 heavy (non-hydrogen) atoms. The van der Waals surface area contributed by atoms with Crippen molar-refractivity contribution in [2.24, 2.45) is 10.7 Å². The lowest BCUT2D eigenvalue weighted by atomic mass is 10.2. The van der Waals surface area contributed by atoms with Crippen molar-refractivity contribution >= 4 is 33.4 Å². The van der Waals surface area contributed by atoms with E-state index >= 15 is 0 Å². The first kappa shape index (κ1) is 16.4. The van der Waals surface area contributed by atoms with Crippen LogP contribution in [-0.2, 0) is 16.0 Å². The second-order valence-electron chi connectivity index (χ2n) is 3.70. The second-order valence-corrected chi connectivity index (χ2v) is 4.93. The summed E-state index contributed by atoms with van der Waals surface area (Å²) in [5.41, 5.74) is 6.77. The molecule has 0 aliphatic carbocycles. The van der Waals surface area contributed by atoms with Gasteiger partial charge in [-0.05, 0) is 41.4 Å². The largest absolute Gasteiger partial charge is 0.383 e. The summed E-state index contributed by atoms with van der Waals surface area (Å²) >= 11 is 9.53. The Morgan fingerprint density at radius 1 is 1.37 bits per heavy atom. The highest BCUT2D eigenvalue weighted by Gasteiger charge is 2.13. The van der Waals surface area contributed by atoms with Gasteiger partial charge in [-0.3, -0.25) is 4.99 Å². The van der Waals surface area contributed by atoms with E-state index in [1.165, 1.54) is 0 Å². The Balaban J connectivity index is 2.75. The Bertz CT molecular complexity index is 435. The molecule has 0 bridgehead atoms. The van der Waals surface area contributed by atoms with Gasteiger partial charge < -0.3 is 15.2 Å². The first-order chi connectivity index (χ1) is 9.10. The fourth-order valence-electron chi connectivity index (χ4n) is 1.44. The van der Waals surface area contributed by atoms with Crippen molar-refractivity contribution in [3.8, 4) is 0 Å². The van der Waals surface area contributed by atoms with Crippen molar-refractivity contribution in [2.75, 3.05) is 13.2 Å². The molecule has 6 heteroatoms. The van der Waals surface area contributed by atoms with Crippen LogP contribution in [0.25, 0.3) is 0 Å². The van der Waals surface area contributed by atoms with Crippen LogP contribution in [0.3, 0.4) is 0 Å². The quantitative estimate of drug-likeness (QED) is 0.466. The van der Waals surface area contributed by atoms with E-state index in [1.807, 2.05) is 32.0 Å². The normalized spacial score (nSPS) is 12.2. The third kappa shape index (κ3) is 5.10. The Labute approximate surface area is 127 Å². The van der Waals surface area contributed by atoms with Gasteiger partial charge >= 0.3 is 0 Å². The molecule has 0 fully saturated rings. The van der Waals surface area contributed by atoms with Gasteiger partial charge in [0.2, 0.25) is 6.29 Å². The van der Waals surface area contributed by atoms with Crippen molar-refractivity contribution in [3.63, 3.8) is 0 Å². The average molecular weight is 350 g/mol. The van der Waals surface area contributed by atoms with Crippen LogP contribution < -0.4 is 5.73 Å². The maximum Gasteiger partial charge on any atom is 0.216 e. The minimum absolute atomic E-state index is 0.319. The number of nitrogens with zero attached hydrogens (tertiary/aromatic N) is 1. The Morgan fingerprint density at radius 2 is 2.00 bits per heavy atom. The van der Waals surface area contributed by atoms with Gasteiger partial charge in [0.1, 0.15) is 0 Å². The summed E-state index contributed by atoms with van der Waals surface area (Å²) in [6.07, 6.45) is -0.596. The van der Waals surface area contributed by atoms with E-state index in [4.69, 9.17) is 26.8 Å². The molecular formula is C13H18BrClN2O2. The zero-order valence-corrected chi connectivity index (χ0v) is 13.4. The molecule has 0 heterocycles. The second kappa shape index (κ2) is 8.53. The number of nitrogens with two attached hydrogens (primary N) is 1. The summed E-state index contributed by atoms with van der Waals surface area (Å²) in [4.78, 5) is 4.27. The lowest BCUT2D eigenvalue weighted by molar-refractivity contribution is -0.0907. The van der Waals surface area contributed by atoms with Crippen LogP contribution in [0.1, 0.15) is 19.4 Å². The van der Waals surface area contributed by atoms with Crippen molar-refractivity contribution in [1.82, 2.24) is 0 Å². The Kier molecular flexibility index (Phi) is 7.38. The van der Waals surface area contributed by atoms with Gasteiger partial charge in [0.25, 0.3) is 0 Å². The number of halogens is 2. The molecule has 1 aromatic carbocycles. The van der Waals surface area contributed by atoms with E-state index in [0.29, 0.717) is 30.6 Å². The van der Waals surface area contributed by atoms with Crippen LogP contribution >= 0.6 is 27.5 Å². The van der Waals surface area contributed by atoms with E-state index < -0.39 is 6.29 Å². The van der Waals surface area contributed by atoms with E-state index in [1.54, 1.807) is 0 Å². The molecule has 0 aliphatic rings. The summed E-state index contributed by atoms with van der Waals surface area (Å²) in [6, 6.07) is 5.68. The topological polar surface area (TPSA) is 56.8 Å². The number of hydrogen-bond acceptors (Lipinski definition) is 3. The molecule has 4 nitrogen and oxygen atoms in total. The van der Waals surface area contributed by atoms with Crippen molar-refractivity contribution in [3.05, 3.63) is 33.3 Å². The Hall–Kier alpha value is -0.620. The Morgan fingerprint density at radius 3 is 2.58 bits per heavy atom. The minimum Gasteiger partial charge on any atom is -0.383 e. The zero-order chi connectivity index (χ0) is 14.3. The van der Waals surface area contributed by atoms with Gasteiger partial charge in [0.15, 0.2) is 5.84 Å². The fourth-order valence-corrected chi connectivity index (χ4v) is 2.04. The summed E-state index contributed by atoms with van der Waals surface area (Å²) in [6.45, 7) is 5.17. The van der Waals surface area contributed by atoms with Crippen LogP contribution in [0.5, 0.6) is 0 Å². The average Bonchev–Trinajstić information content (AvgIpc) is 2.40. The highest BCUT2D eigenvalue weighted by Crippen LogP contribution is 2.26. The number of ether oxygens (including phenoxy) is 2. The lowest BCUT2D eigenvalue weighted by Gasteiger charge is -2.16. The first-order valence-corrected chi connectivity index (χ1v) is 7.23. The molecule has 2 N–H and O–H groups in total. The maximum atomic E-state index is 6.16. The van der Waals surface area contributed by atoms with Gasteiger partial charge in [-0.25, -0.2) is 0 Å². The highest BCUT2D eigenvalue weighted by molar-refractivity contribution is 9.10. The molecule has 1 aromatic rings. The molecule has 0 saturated heterocycles. The predicted octanol–water partition coefficient (Wildman–Crippen LogP) is 3.36. The number of aliphatic imine (C=N–C) groups is 1. The number of rotatable bonds is 7. The standard InChI is InChI=1S/C13H18BrClN2O2/c1-3-18-13(19-4-2)12(16)17-8-9-6-5-7-10(14)11(9)15/h5-7,13H,3-4,8H2,1-2H3,(H2,16,17).